The van der Waals surface area contributed by atoms with Crippen molar-refractivity contribution in [2.24, 2.45) is 22.7 Å². The lowest BCUT2D eigenvalue weighted by atomic mass is 9.81. The highest BCUT2D eigenvalue weighted by molar-refractivity contribution is 5.60. The van der Waals surface area contributed by atoms with E-state index in [2.05, 4.69) is 20.8 Å². The molecule has 1 saturated heterocycles. The minimum Gasteiger partial charge on any atom is -0.434 e. The van der Waals surface area contributed by atoms with Gasteiger partial charge in [0.25, 0.3) is 0 Å². The Labute approximate surface area is 122 Å². The van der Waals surface area contributed by atoms with Gasteiger partial charge in [-0.05, 0) is 10.8 Å². The van der Waals surface area contributed by atoms with Crippen molar-refractivity contribution in [1.82, 2.24) is 0 Å². The van der Waals surface area contributed by atoms with Gasteiger partial charge in [-0.15, -0.1) is 0 Å². The lowest BCUT2D eigenvalue weighted by Crippen LogP contribution is -2.35. The Morgan fingerprint density at radius 3 is 1.65 bits per heavy atom. The zero-order valence-corrected chi connectivity index (χ0v) is 13.6. The van der Waals surface area contributed by atoms with Gasteiger partial charge < -0.3 is 19.7 Å². The fourth-order valence-electron chi connectivity index (χ4n) is 1.53. The highest BCUT2D eigenvalue weighted by Crippen LogP contribution is 2.28. The second-order valence-corrected chi connectivity index (χ2v) is 7.36. The molecule has 1 rings (SSSR count). The number of carbonyl (C=O) groups is 1. The summed E-state index contributed by atoms with van der Waals surface area (Å²) in [7, 11) is 0. The van der Waals surface area contributed by atoms with E-state index in [0.29, 0.717) is 19.1 Å². The molecule has 1 aliphatic heterocycles. The molecule has 0 aliphatic carbocycles. The van der Waals surface area contributed by atoms with Gasteiger partial charge in [0, 0.05) is 25.0 Å². The highest BCUT2D eigenvalue weighted by atomic mass is 16.7. The number of ether oxygens (including phenoxy) is 2. The molecular formula is C15H30O5. The average molecular weight is 290 g/mol. The van der Waals surface area contributed by atoms with E-state index >= 15 is 0 Å². The Morgan fingerprint density at radius 1 is 1.05 bits per heavy atom. The molecule has 0 bridgehead atoms. The fraction of sp³-hybridized carbons (Fsp3) is 0.933. The standard InChI is InChI=1S/C8H14O3.C7H16O2/c1-8(2,3)6-4-10-7(9)11-5-6;1-7(2,3)6(4-8)5-9/h6H,4-5H2,1-3H3;6,8-9H,4-5H2,1-3H3. The highest BCUT2D eigenvalue weighted by Gasteiger charge is 2.30. The van der Waals surface area contributed by atoms with Gasteiger partial charge in [0.1, 0.15) is 13.2 Å². The molecule has 20 heavy (non-hydrogen) atoms. The molecule has 0 aromatic carbocycles. The van der Waals surface area contributed by atoms with Crippen LogP contribution in [0.5, 0.6) is 0 Å². The van der Waals surface area contributed by atoms with Gasteiger partial charge in [0.2, 0.25) is 0 Å². The van der Waals surface area contributed by atoms with Crippen LogP contribution in [0.2, 0.25) is 0 Å². The normalized spacial score (nSPS) is 17.1. The first-order chi connectivity index (χ1) is 9.02. The zero-order chi connectivity index (χ0) is 16.0. The van der Waals surface area contributed by atoms with E-state index < -0.39 is 6.16 Å². The topological polar surface area (TPSA) is 76.0 Å². The van der Waals surface area contributed by atoms with Crippen LogP contribution in [0.15, 0.2) is 0 Å². The maximum Gasteiger partial charge on any atom is 0.508 e. The smallest absolute Gasteiger partial charge is 0.434 e. The Balaban J connectivity index is 0.000000370. The van der Waals surface area contributed by atoms with Crippen molar-refractivity contribution in [3.05, 3.63) is 0 Å². The zero-order valence-electron chi connectivity index (χ0n) is 13.6. The largest absolute Gasteiger partial charge is 0.508 e. The first kappa shape index (κ1) is 19.2. The lowest BCUT2D eigenvalue weighted by Gasteiger charge is -2.32. The monoisotopic (exact) mass is 290 g/mol. The van der Waals surface area contributed by atoms with Crippen molar-refractivity contribution in [2.45, 2.75) is 41.5 Å². The van der Waals surface area contributed by atoms with Crippen molar-refractivity contribution < 1.29 is 24.5 Å². The van der Waals surface area contributed by atoms with Gasteiger partial charge in [0.15, 0.2) is 0 Å². The van der Waals surface area contributed by atoms with Gasteiger partial charge in [-0.2, -0.15) is 0 Å². The average Bonchev–Trinajstić information content (AvgIpc) is 2.28. The van der Waals surface area contributed by atoms with E-state index in [9.17, 15) is 4.79 Å². The van der Waals surface area contributed by atoms with Crippen LogP contribution in [-0.4, -0.2) is 42.8 Å². The van der Waals surface area contributed by atoms with Crippen molar-refractivity contribution in [2.75, 3.05) is 26.4 Å². The molecule has 120 valence electrons. The van der Waals surface area contributed by atoms with Gasteiger partial charge in [-0.25, -0.2) is 4.79 Å². The predicted octanol–water partition coefficient (Wildman–Crippen LogP) is 2.45. The van der Waals surface area contributed by atoms with Crippen LogP contribution < -0.4 is 0 Å². The summed E-state index contributed by atoms with van der Waals surface area (Å²) in [5, 5.41) is 17.4. The van der Waals surface area contributed by atoms with Crippen LogP contribution in [0.3, 0.4) is 0 Å². The molecule has 0 saturated carbocycles. The number of aliphatic hydroxyl groups is 2. The lowest BCUT2D eigenvalue weighted by molar-refractivity contribution is -0.0422. The van der Waals surface area contributed by atoms with Crippen LogP contribution in [0.4, 0.5) is 4.79 Å². The number of cyclic esters (lactones) is 2. The minimum absolute atomic E-state index is 0.0116. The summed E-state index contributed by atoms with van der Waals surface area (Å²) in [5.41, 5.74) is 0.171. The van der Waals surface area contributed by atoms with Crippen LogP contribution in [0.1, 0.15) is 41.5 Å². The van der Waals surface area contributed by atoms with Gasteiger partial charge in [0.05, 0.1) is 0 Å². The summed E-state index contributed by atoms with van der Waals surface area (Å²) < 4.78 is 9.51. The fourth-order valence-corrected chi connectivity index (χ4v) is 1.53. The van der Waals surface area contributed by atoms with Crippen molar-refractivity contribution >= 4 is 6.16 Å². The molecular weight excluding hydrogens is 260 g/mol. The number of rotatable bonds is 2. The van der Waals surface area contributed by atoms with Gasteiger partial charge in [-0.3, -0.25) is 0 Å². The predicted molar refractivity (Wildman–Crippen MR) is 77.4 cm³/mol. The number of hydrogen-bond acceptors (Lipinski definition) is 5. The third kappa shape index (κ3) is 7.10. The SMILES string of the molecule is CC(C)(C)C(CO)CO.CC(C)(C)C1COC(=O)OC1. The molecule has 1 fully saturated rings. The molecule has 1 aliphatic rings. The molecule has 0 aromatic heterocycles. The van der Waals surface area contributed by atoms with Gasteiger partial charge in [-0.1, -0.05) is 41.5 Å². The quantitative estimate of drug-likeness (QED) is 0.764. The van der Waals surface area contributed by atoms with E-state index in [0.717, 1.165) is 0 Å². The Morgan fingerprint density at radius 2 is 1.45 bits per heavy atom. The van der Waals surface area contributed by atoms with Crippen molar-refractivity contribution in [1.29, 1.82) is 0 Å². The maximum atomic E-state index is 10.5. The van der Waals surface area contributed by atoms with E-state index in [4.69, 9.17) is 19.7 Å². The maximum absolute atomic E-state index is 10.5. The van der Waals surface area contributed by atoms with Crippen molar-refractivity contribution in [3.63, 3.8) is 0 Å². The Hall–Kier alpha value is -0.810. The van der Waals surface area contributed by atoms with E-state index in [1.807, 2.05) is 20.8 Å². The van der Waals surface area contributed by atoms with E-state index in [-0.39, 0.29) is 30.0 Å². The summed E-state index contributed by atoms with van der Waals surface area (Å²) in [4.78, 5) is 10.5. The second-order valence-electron chi connectivity index (χ2n) is 7.36. The molecule has 5 heteroatoms. The molecule has 1 heterocycles. The minimum atomic E-state index is -0.537. The van der Waals surface area contributed by atoms with Crippen LogP contribution in [-0.2, 0) is 9.47 Å². The molecule has 2 N–H and O–H groups in total. The molecule has 0 radical (unpaired) electrons. The summed E-state index contributed by atoms with van der Waals surface area (Å²) in [6.07, 6.45) is -0.537. The molecule has 0 amide bonds. The third-order valence-corrected chi connectivity index (χ3v) is 3.70. The molecule has 5 nitrogen and oxygen atoms in total. The number of hydrogen-bond donors (Lipinski definition) is 2. The second kappa shape index (κ2) is 7.84. The summed E-state index contributed by atoms with van der Waals surface area (Å²) in [5.74, 6) is 0.331. The van der Waals surface area contributed by atoms with Gasteiger partial charge >= 0.3 is 6.16 Å². The van der Waals surface area contributed by atoms with Crippen LogP contribution in [0, 0.1) is 22.7 Å². The third-order valence-electron chi connectivity index (χ3n) is 3.70. The number of carbonyl (C=O) groups excluding carboxylic acids is 1. The summed E-state index contributed by atoms with van der Waals surface area (Å²) >= 11 is 0. The van der Waals surface area contributed by atoms with E-state index in [1.165, 1.54) is 0 Å². The van der Waals surface area contributed by atoms with Crippen LogP contribution in [0.25, 0.3) is 0 Å². The molecule has 0 spiro atoms. The van der Waals surface area contributed by atoms with Crippen molar-refractivity contribution in [3.8, 4) is 0 Å². The first-order valence-electron chi connectivity index (χ1n) is 7.03. The Bertz CT molecular complexity index is 274. The first-order valence-corrected chi connectivity index (χ1v) is 7.03. The summed E-state index contributed by atoms with van der Waals surface area (Å²) in [6, 6.07) is 0. The Kier molecular flexibility index (Phi) is 7.52. The molecule has 0 atom stereocenters. The number of aliphatic hydroxyl groups excluding tert-OH is 2. The van der Waals surface area contributed by atoms with Crippen LogP contribution >= 0.6 is 0 Å². The summed E-state index contributed by atoms with van der Waals surface area (Å²) in [6.45, 7) is 13.5. The molecule has 0 unspecified atom stereocenters. The van der Waals surface area contributed by atoms with E-state index in [1.54, 1.807) is 0 Å². The molecule has 0 aromatic rings.